The second-order valence-corrected chi connectivity index (χ2v) is 2.76. The fourth-order valence-electron chi connectivity index (χ4n) is 0.904. The predicted octanol–water partition coefficient (Wildman–Crippen LogP) is 1.83. The molecule has 0 saturated carbocycles. The highest BCUT2D eigenvalue weighted by Gasteiger charge is 2.21. The van der Waals surface area contributed by atoms with Crippen LogP contribution in [-0.4, -0.2) is 31.9 Å². The number of esters is 1. The summed E-state index contributed by atoms with van der Waals surface area (Å²) in [5, 5.41) is 0. The molecule has 0 aliphatic rings. The Labute approximate surface area is 94.7 Å². The Bertz CT molecular complexity index is 293. The molecule has 0 aliphatic heterocycles. The van der Waals surface area contributed by atoms with Crippen LogP contribution in [0.1, 0.15) is 13.8 Å². The number of carbonyl (C=O) groups is 2. The molecule has 0 aromatic rings. The summed E-state index contributed by atoms with van der Waals surface area (Å²) in [5.41, 5.74) is 0.0358. The van der Waals surface area contributed by atoms with Crippen LogP contribution in [0.4, 0.5) is 4.79 Å². The summed E-state index contributed by atoms with van der Waals surface area (Å²) in [6.07, 6.45) is 1.43. The minimum atomic E-state index is -0.864. The molecule has 1 unspecified atom stereocenters. The number of hydrogen-bond donors (Lipinski definition) is 0. The third-order valence-corrected chi connectivity index (χ3v) is 1.64. The Morgan fingerprint density at radius 3 is 2.50 bits per heavy atom. The number of rotatable bonds is 5. The topological polar surface area (TPSA) is 61.8 Å². The van der Waals surface area contributed by atoms with E-state index in [0.717, 1.165) is 0 Å². The van der Waals surface area contributed by atoms with Gasteiger partial charge in [-0.1, -0.05) is 12.7 Å². The molecule has 0 amide bonds. The maximum absolute atomic E-state index is 11.2. The van der Waals surface area contributed by atoms with Gasteiger partial charge in [-0.05, 0) is 19.9 Å². The first kappa shape index (κ1) is 14.2. The van der Waals surface area contributed by atoms with Crippen LogP contribution in [0.5, 0.6) is 0 Å². The van der Waals surface area contributed by atoms with E-state index in [9.17, 15) is 9.59 Å². The fraction of sp³-hybridized carbons (Fsp3) is 0.455. The molecule has 0 aromatic carbocycles. The van der Waals surface area contributed by atoms with Crippen LogP contribution in [0, 0.1) is 0 Å². The van der Waals surface area contributed by atoms with Gasteiger partial charge in [-0.25, -0.2) is 9.59 Å². The summed E-state index contributed by atoms with van der Waals surface area (Å²) >= 11 is 0. The van der Waals surface area contributed by atoms with Crippen LogP contribution in [0.25, 0.3) is 0 Å². The molecule has 0 rings (SSSR count). The highest BCUT2D eigenvalue weighted by molar-refractivity contribution is 5.89. The van der Waals surface area contributed by atoms with Crippen molar-refractivity contribution < 1.29 is 23.8 Å². The van der Waals surface area contributed by atoms with Crippen LogP contribution < -0.4 is 0 Å². The molecule has 1 atom stereocenters. The Morgan fingerprint density at radius 1 is 1.44 bits per heavy atom. The van der Waals surface area contributed by atoms with Crippen molar-refractivity contribution in [3.63, 3.8) is 0 Å². The van der Waals surface area contributed by atoms with Gasteiger partial charge in [-0.3, -0.25) is 0 Å². The minimum absolute atomic E-state index is 0.0358. The van der Waals surface area contributed by atoms with Crippen molar-refractivity contribution in [2.24, 2.45) is 0 Å². The quantitative estimate of drug-likeness (QED) is 0.408. The van der Waals surface area contributed by atoms with Crippen LogP contribution >= 0.6 is 0 Å². The van der Waals surface area contributed by atoms with Gasteiger partial charge in [0.1, 0.15) is 0 Å². The van der Waals surface area contributed by atoms with E-state index < -0.39 is 18.2 Å². The van der Waals surface area contributed by atoms with Gasteiger partial charge in [0.15, 0.2) is 6.10 Å². The van der Waals surface area contributed by atoms with E-state index in [2.05, 4.69) is 16.1 Å². The van der Waals surface area contributed by atoms with Gasteiger partial charge < -0.3 is 14.2 Å². The molecule has 5 nitrogen and oxygen atoms in total. The highest BCUT2D eigenvalue weighted by Crippen LogP contribution is 2.09. The van der Waals surface area contributed by atoms with Crippen molar-refractivity contribution in [1.82, 2.24) is 0 Å². The zero-order valence-electron chi connectivity index (χ0n) is 9.69. The van der Waals surface area contributed by atoms with Crippen LogP contribution in [0.3, 0.4) is 0 Å². The first-order chi connectivity index (χ1) is 7.56. The van der Waals surface area contributed by atoms with Crippen molar-refractivity contribution in [1.29, 1.82) is 0 Å². The van der Waals surface area contributed by atoms with Gasteiger partial charge in [0.05, 0.1) is 19.3 Å². The molecule has 5 heteroatoms. The summed E-state index contributed by atoms with van der Waals surface area (Å²) < 4.78 is 13.9. The number of carbonyl (C=O) groups excluding carboxylic acids is 2. The number of ether oxygens (including phenoxy) is 3. The molecule has 0 aliphatic carbocycles. The molecule has 0 fully saturated rings. The van der Waals surface area contributed by atoms with Crippen molar-refractivity contribution >= 4 is 12.1 Å². The third kappa shape index (κ3) is 4.63. The Balaban J connectivity index is 4.55. The number of hydrogen-bond acceptors (Lipinski definition) is 5. The van der Waals surface area contributed by atoms with E-state index in [1.165, 1.54) is 13.2 Å². The standard InChI is InChI=1S/C11H16O5/c1-5-7-9(8(3)10(12)14-4)16-11(13)15-6-2/h5,7,9H,3,6H2,1-2,4H3/b7-5+. The lowest BCUT2D eigenvalue weighted by atomic mass is 10.1. The summed E-state index contributed by atoms with van der Waals surface area (Å²) in [5.74, 6) is -0.632. The van der Waals surface area contributed by atoms with E-state index in [1.54, 1.807) is 19.9 Å². The summed E-state index contributed by atoms with van der Waals surface area (Å²) in [6.45, 7) is 7.08. The van der Waals surface area contributed by atoms with Crippen molar-refractivity contribution in [3.05, 3.63) is 24.3 Å². The minimum Gasteiger partial charge on any atom is -0.466 e. The maximum Gasteiger partial charge on any atom is 0.509 e. The van der Waals surface area contributed by atoms with Gasteiger partial charge in [0, 0.05) is 0 Å². The second-order valence-electron chi connectivity index (χ2n) is 2.76. The van der Waals surface area contributed by atoms with Crippen molar-refractivity contribution in [2.75, 3.05) is 13.7 Å². The average molecular weight is 228 g/mol. The second kappa shape index (κ2) is 7.50. The molecule has 0 spiro atoms. The molecule has 16 heavy (non-hydrogen) atoms. The van der Waals surface area contributed by atoms with Crippen LogP contribution in [0.2, 0.25) is 0 Å². The molecule has 0 aromatic heterocycles. The van der Waals surface area contributed by atoms with Crippen LogP contribution in [0.15, 0.2) is 24.3 Å². The van der Waals surface area contributed by atoms with E-state index >= 15 is 0 Å². The lowest BCUT2D eigenvalue weighted by Gasteiger charge is -2.14. The molecule has 0 saturated heterocycles. The van der Waals surface area contributed by atoms with Crippen LogP contribution in [-0.2, 0) is 19.0 Å². The van der Waals surface area contributed by atoms with Gasteiger partial charge in [-0.2, -0.15) is 0 Å². The first-order valence-corrected chi connectivity index (χ1v) is 4.80. The molecule has 0 N–H and O–H groups in total. The Morgan fingerprint density at radius 2 is 2.06 bits per heavy atom. The van der Waals surface area contributed by atoms with E-state index in [0.29, 0.717) is 0 Å². The van der Waals surface area contributed by atoms with Gasteiger partial charge in [0.25, 0.3) is 0 Å². The molecule has 0 bridgehead atoms. The molecular formula is C11H16O5. The SMILES string of the molecule is C=C(C(=O)OC)C(/C=C/C)OC(=O)OCC. The van der Waals surface area contributed by atoms with Crippen molar-refractivity contribution in [2.45, 2.75) is 20.0 Å². The number of methoxy groups -OCH3 is 1. The normalized spacial score (nSPS) is 11.9. The smallest absolute Gasteiger partial charge is 0.466 e. The molecule has 0 heterocycles. The zero-order valence-corrected chi connectivity index (χ0v) is 9.69. The Hall–Kier alpha value is -1.78. The lowest BCUT2D eigenvalue weighted by molar-refractivity contribution is -0.137. The largest absolute Gasteiger partial charge is 0.509 e. The van der Waals surface area contributed by atoms with Crippen molar-refractivity contribution in [3.8, 4) is 0 Å². The monoisotopic (exact) mass is 228 g/mol. The van der Waals surface area contributed by atoms with E-state index in [-0.39, 0.29) is 12.2 Å². The average Bonchev–Trinajstić information content (AvgIpc) is 2.26. The first-order valence-electron chi connectivity index (χ1n) is 4.80. The Kier molecular flexibility index (Phi) is 6.67. The summed E-state index contributed by atoms with van der Waals surface area (Å²) in [6, 6.07) is 0. The van der Waals surface area contributed by atoms with E-state index in [4.69, 9.17) is 4.74 Å². The maximum atomic E-state index is 11.2. The zero-order chi connectivity index (χ0) is 12.6. The lowest BCUT2D eigenvalue weighted by Crippen LogP contribution is -2.23. The summed E-state index contributed by atoms with van der Waals surface area (Å²) in [4.78, 5) is 22.3. The van der Waals surface area contributed by atoms with E-state index in [1.807, 2.05) is 0 Å². The predicted molar refractivity (Wildman–Crippen MR) is 57.9 cm³/mol. The molecule has 90 valence electrons. The fourth-order valence-corrected chi connectivity index (χ4v) is 0.904. The van der Waals surface area contributed by atoms with Gasteiger partial charge in [-0.15, -0.1) is 0 Å². The van der Waals surface area contributed by atoms with Gasteiger partial charge in [0.2, 0.25) is 0 Å². The molecular weight excluding hydrogens is 212 g/mol. The molecule has 0 radical (unpaired) electrons. The highest BCUT2D eigenvalue weighted by atomic mass is 16.7. The third-order valence-electron chi connectivity index (χ3n) is 1.64. The number of allylic oxidation sites excluding steroid dienone is 1. The summed E-state index contributed by atoms with van der Waals surface area (Å²) in [7, 11) is 1.23. The van der Waals surface area contributed by atoms with Gasteiger partial charge >= 0.3 is 12.1 Å².